The summed E-state index contributed by atoms with van der Waals surface area (Å²) in [5, 5.41) is 7.98. The number of hydrogen-bond acceptors (Lipinski definition) is 4. The summed E-state index contributed by atoms with van der Waals surface area (Å²) in [6.07, 6.45) is 4.40. The van der Waals surface area contributed by atoms with E-state index < -0.39 is 0 Å². The fourth-order valence-electron chi connectivity index (χ4n) is 3.12. The predicted octanol–water partition coefficient (Wildman–Crippen LogP) is 2.75. The van der Waals surface area contributed by atoms with E-state index >= 15 is 0 Å². The molecule has 3 heterocycles. The van der Waals surface area contributed by atoms with Crippen molar-refractivity contribution in [3.63, 3.8) is 0 Å². The van der Waals surface area contributed by atoms with Crippen LogP contribution in [0.5, 0.6) is 0 Å². The molecular weight excluding hydrogens is 262 g/mol. The minimum atomic E-state index is 0.420. The number of likely N-dealkylation sites (tertiary alicyclic amines) is 1. The summed E-state index contributed by atoms with van der Waals surface area (Å²) in [6.45, 7) is 9.94. The lowest BCUT2D eigenvalue weighted by atomic mass is 10.1. The van der Waals surface area contributed by atoms with E-state index in [9.17, 15) is 0 Å². The monoisotopic (exact) mass is 287 g/mol. The number of anilines is 1. The topological polar surface area (TPSA) is 45.5 Å². The van der Waals surface area contributed by atoms with Crippen LogP contribution in [-0.4, -0.2) is 45.2 Å². The third-order valence-corrected chi connectivity index (χ3v) is 4.39. The molecule has 5 nitrogen and oxygen atoms in total. The van der Waals surface area contributed by atoms with Gasteiger partial charge in [-0.2, -0.15) is 9.61 Å². The van der Waals surface area contributed by atoms with E-state index in [1.165, 1.54) is 19.4 Å². The SMILES string of the molecule is CCN1CCCC1CNc1cc(C(C)C)nc2ccnn12. The molecule has 5 heteroatoms. The zero-order chi connectivity index (χ0) is 14.8. The molecule has 1 N–H and O–H groups in total. The predicted molar refractivity (Wildman–Crippen MR) is 85.8 cm³/mol. The number of nitrogens with zero attached hydrogens (tertiary/aromatic N) is 4. The second kappa shape index (κ2) is 6.02. The first-order chi connectivity index (χ1) is 10.2. The van der Waals surface area contributed by atoms with E-state index in [1.807, 2.05) is 16.8 Å². The molecular formula is C16H25N5. The summed E-state index contributed by atoms with van der Waals surface area (Å²) in [7, 11) is 0. The van der Waals surface area contributed by atoms with Crippen molar-refractivity contribution in [1.82, 2.24) is 19.5 Å². The van der Waals surface area contributed by atoms with Gasteiger partial charge in [0.25, 0.3) is 0 Å². The smallest absolute Gasteiger partial charge is 0.157 e. The second-order valence-electron chi connectivity index (χ2n) is 6.13. The second-order valence-corrected chi connectivity index (χ2v) is 6.13. The molecule has 1 saturated heterocycles. The van der Waals surface area contributed by atoms with Crippen LogP contribution in [0.15, 0.2) is 18.3 Å². The molecule has 1 atom stereocenters. The van der Waals surface area contributed by atoms with Crippen LogP contribution in [0.25, 0.3) is 5.65 Å². The van der Waals surface area contributed by atoms with Crippen molar-refractivity contribution < 1.29 is 0 Å². The average molecular weight is 287 g/mol. The number of aromatic nitrogens is 3. The maximum Gasteiger partial charge on any atom is 0.157 e. The lowest BCUT2D eigenvalue weighted by Crippen LogP contribution is -2.35. The zero-order valence-electron chi connectivity index (χ0n) is 13.2. The maximum absolute atomic E-state index is 4.66. The molecule has 114 valence electrons. The lowest BCUT2D eigenvalue weighted by molar-refractivity contribution is 0.277. The highest BCUT2D eigenvalue weighted by atomic mass is 15.3. The van der Waals surface area contributed by atoms with Gasteiger partial charge in [0.1, 0.15) is 5.82 Å². The summed E-state index contributed by atoms with van der Waals surface area (Å²) in [5.41, 5.74) is 2.03. The summed E-state index contributed by atoms with van der Waals surface area (Å²) < 4.78 is 1.90. The molecule has 1 unspecified atom stereocenters. The molecule has 0 spiro atoms. The summed E-state index contributed by atoms with van der Waals surface area (Å²) in [6, 6.07) is 4.73. The van der Waals surface area contributed by atoms with Crippen LogP contribution in [-0.2, 0) is 0 Å². The lowest BCUT2D eigenvalue weighted by Gasteiger charge is -2.23. The average Bonchev–Trinajstić information content (AvgIpc) is 3.12. The molecule has 0 aliphatic carbocycles. The fourth-order valence-corrected chi connectivity index (χ4v) is 3.12. The van der Waals surface area contributed by atoms with E-state index in [1.54, 1.807) is 0 Å². The standard InChI is InChI=1S/C16H25N5/c1-4-20-9-5-6-13(20)11-17-16-10-14(12(2)3)19-15-7-8-18-21(15)16/h7-8,10,12-13,17H,4-6,9,11H2,1-3H3. The molecule has 0 amide bonds. The Hall–Kier alpha value is -1.62. The van der Waals surface area contributed by atoms with Gasteiger partial charge in [0.2, 0.25) is 0 Å². The third kappa shape index (κ3) is 2.88. The van der Waals surface area contributed by atoms with Crippen molar-refractivity contribution in [2.24, 2.45) is 0 Å². The molecule has 21 heavy (non-hydrogen) atoms. The van der Waals surface area contributed by atoms with Gasteiger partial charge in [-0.15, -0.1) is 0 Å². The summed E-state index contributed by atoms with van der Waals surface area (Å²) in [4.78, 5) is 7.21. The van der Waals surface area contributed by atoms with Crippen LogP contribution >= 0.6 is 0 Å². The largest absolute Gasteiger partial charge is 0.368 e. The van der Waals surface area contributed by atoms with Gasteiger partial charge in [-0.25, -0.2) is 4.98 Å². The van der Waals surface area contributed by atoms with E-state index in [4.69, 9.17) is 0 Å². The Morgan fingerprint density at radius 2 is 2.29 bits per heavy atom. The molecule has 0 radical (unpaired) electrons. The van der Waals surface area contributed by atoms with E-state index in [0.717, 1.165) is 30.2 Å². The van der Waals surface area contributed by atoms with Gasteiger partial charge in [0, 0.05) is 30.4 Å². The van der Waals surface area contributed by atoms with Gasteiger partial charge >= 0.3 is 0 Å². The molecule has 1 aliphatic heterocycles. The summed E-state index contributed by atoms with van der Waals surface area (Å²) in [5.74, 6) is 1.47. The van der Waals surface area contributed by atoms with Crippen LogP contribution in [0.3, 0.4) is 0 Å². The first kappa shape index (κ1) is 14.3. The van der Waals surface area contributed by atoms with Gasteiger partial charge in [0.05, 0.1) is 6.20 Å². The minimum absolute atomic E-state index is 0.420. The Kier molecular flexibility index (Phi) is 4.10. The highest BCUT2D eigenvalue weighted by molar-refractivity contribution is 5.49. The number of nitrogens with one attached hydrogen (secondary N) is 1. The molecule has 0 bridgehead atoms. The Labute approximate surface area is 126 Å². The minimum Gasteiger partial charge on any atom is -0.368 e. The van der Waals surface area contributed by atoms with E-state index in [-0.39, 0.29) is 0 Å². The molecule has 1 fully saturated rings. The number of hydrogen-bond donors (Lipinski definition) is 1. The molecule has 2 aromatic rings. The van der Waals surface area contributed by atoms with Crippen molar-refractivity contribution in [2.75, 3.05) is 25.0 Å². The van der Waals surface area contributed by atoms with Crippen molar-refractivity contribution in [1.29, 1.82) is 0 Å². The molecule has 2 aromatic heterocycles. The number of likely N-dealkylation sites (N-methyl/N-ethyl adjacent to an activating group) is 1. The van der Waals surface area contributed by atoms with Crippen molar-refractivity contribution in [2.45, 2.75) is 45.6 Å². The Bertz CT molecular complexity index is 604. The van der Waals surface area contributed by atoms with Crippen molar-refractivity contribution in [3.05, 3.63) is 24.0 Å². The molecule has 0 aromatic carbocycles. The molecule has 3 rings (SSSR count). The normalized spacial score (nSPS) is 19.7. The maximum atomic E-state index is 4.66. The Balaban J connectivity index is 1.81. The van der Waals surface area contributed by atoms with Gasteiger partial charge in [-0.3, -0.25) is 4.90 Å². The number of rotatable bonds is 5. The van der Waals surface area contributed by atoms with E-state index in [0.29, 0.717) is 12.0 Å². The molecule has 1 aliphatic rings. The Morgan fingerprint density at radius 1 is 1.43 bits per heavy atom. The van der Waals surface area contributed by atoms with Gasteiger partial charge in [-0.1, -0.05) is 20.8 Å². The van der Waals surface area contributed by atoms with Gasteiger partial charge in [0.15, 0.2) is 5.65 Å². The fraction of sp³-hybridized carbons (Fsp3) is 0.625. The van der Waals surface area contributed by atoms with Crippen LogP contribution in [0.1, 0.15) is 45.2 Å². The summed E-state index contributed by atoms with van der Waals surface area (Å²) >= 11 is 0. The third-order valence-electron chi connectivity index (χ3n) is 4.39. The Morgan fingerprint density at radius 3 is 3.05 bits per heavy atom. The van der Waals surface area contributed by atoms with Crippen molar-refractivity contribution in [3.8, 4) is 0 Å². The first-order valence-corrected chi connectivity index (χ1v) is 8.01. The van der Waals surface area contributed by atoms with Gasteiger partial charge in [-0.05, 0) is 31.8 Å². The molecule has 0 saturated carbocycles. The zero-order valence-corrected chi connectivity index (χ0v) is 13.2. The van der Waals surface area contributed by atoms with E-state index in [2.05, 4.69) is 47.1 Å². The van der Waals surface area contributed by atoms with Crippen LogP contribution in [0.2, 0.25) is 0 Å². The van der Waals surface area contributed by atoms with Crippen LogP contribution < -0.4 is 5.32 Å². The van der Waals surface area contributed by atoms with Crippen LogP contribution in [0.4, 0.5) is 5.82 Å². The highest BCUT2D eigenvalue weighted by Crippen LogP contribution is 2.21. The van der Waals surface area contributed by atoms with Gasteiger partial charge < -0.3 is 5.32 Å². The van der Waals surface area contributed by atoms with Crippen molar-refractivity contribution >= 4 is 11.5 Å². The quantitative estimate of drug-likeness (QED) is 0.918. The number of fused-ring (bicyclic) bond motifs is 1. The first-order valence-electron chi connectivity index (χ1n) is 8.01. The highest BCUT2D eigenvalue weighted by Gasteiger charge is 2.22. The van der Waals surface area contributed by atoms with Crippen LogP contribution in [0, 0.1) is 0 Å².